The molecule has 6 nitrogen and oxygen atoms in total. The molecule has 1 unspecified atom stereocenters. The van der Waals surface area contributed by atoms with Crippen molar-refractivity contribution in [2.75, 3.05) is 18.2 Å². The van der Waals surface area contributed by atoms with Crippen LogP contribution in [0.15, 0.2) is 60.0 Å². The highest BCUT2D eigenvalue weighted by molar-refractivity contribution is 5.94. The van der Waals surface area contributed by atoms with Gasteiger partial charge in [0.05, 0.1) is 0 Å². The van der Waals surface area contributed by atoms with Crippen LogP contribution in [0.5, 0.6) is 11.5 Å². The number of hydrogen-bond donors (Lipinski definition) is 1. The van der Waals surface area contributed by atoms with Crippen molar-refractivity contribution in [1.82, 2.24) is 0 Å². The molecule has 2 aromatic carbocycles. The van der Waals surface area contributed by atoms with E-state index in [1.807, 2.05) is 74.2 Å². The van der Waals surface area contributed by atoms with Gasteiger partial charge in [0.25, 0.3) is 0 Å². The molecule has 170 valence electrons. The summed E-state index contributed by atoms with van der Waals surface area (Å²) in [6.45, 7) is 6.97. The second-order valence-corrected chi connectivity index (χ2v) is 8.76. The standard InChI is InChI=1S/C26H31NO5/c1-4-14-27(20-8-6-5-7-9-20)24-21(28)16-26(18(2)3,32-25(24)29)13-12-19-10-11-22-23(15-19)31-17-30-22/h5-11,15,18,28H,4,12-14,16-17H2,1-3H3. The fourth-order valence-electron chi connectivity index (χ4n) is 4.42. The summed E-state index contributed by atoms with van der Waals surface area (Å²) in [5.41, 5.74) is 1.43. The van der Waals surface area contributed by atoms with Crippen molar-refractivity contribution in [3.63, 3.8) is 0 Å². The summed E-state index contributed by atoms with van der Waals surface area (Å²) in [6, 6.07) is 15.5. The molecule has 0 bridgehead atoms. The van der Waals surface area contributed by atoms with Gasteiger partial charge in [-0.05, 0) is 55.0 Å². The third-order valence-corrected chi connectivity index (χ3v) is 6.34. The zero-order valence-electron chi connectivity index (χ0n) is 19.0. The van der Waals surface area contributed by atoms with Gasteiger partial charge in [0.15, 0.2) is 17.2 Å². The molecule has 6 heteroatoms. The molecule has 1 N–H and O–H groups in total. The Labute approximate surface area is 189 Å². The lowest BCUT2D eigenvalue weighted by Crippen LogP contribution is -2.47. The monoisotopic (exact) mass is 437 g/mol. The highest BCUT2D eigenvalue weighted by Gasteiger charge is 2.45. The molecular formula is C26H31NO5. The summed E-state index contributed by atoms with van der Waals surface area (Å²) in [7, 11) is 0. The maximum Gasteiger partial charge on any atom is 0.359 e. The minimum absolute atomic E-state index is 0.0421. The minimum Gasteiger partial charge on any atom is -0.510 e. The van der Waals surface area contributed by atoms with Crippen molar-refractivity contribution in [2.45, 2.75) is 52.1 Å². The molecule has 0 spiro atoms. The summed E-state index contributed by atoms with van der Waals surface area (Å²) in [5.74, 6) is 1.16. The first kappa shape index (κ1) is 22.1. The number of esters is 1. The molecule has 0 aromatic heterocycles. The van der Waals surface area contributed by atoms with Crippen LogP contribution in [0.1, 0.15) is 45.6 Å². The van der Waals surface area contributed by atoms with Gasteiger partial charge in [0, 0.05) is 18.7 Å². The molecule has 0 aliphatic carbocycles. The normalized spacial score (nSPS) is 19.9. The molecule has 0 radical (unpaired) electrons. The van der Waals surface area contributed by atoms with E-state index >= 15 is 0 Å². The molecule has 0 amide bonds. The van der Waals surface area contributed by atoms with Crippen molar-refractivity contribution in [3.8, 4) is 11.5 Å². The van der Waals surface area contributed by atoms with Gasteiger partial charge in [-0.1, -0.05) is 45.0 Å². The number of cyclic esters (lactones) is 1. The van der Waals surface area contributed by atoms with Crippen LogP contribution in [0.4, 0.5) is 5.69 Å². The highest BCUT2D eigenvalue weighted by atomic mass is 16.7. The molecule has 4 rings (SSSR count). The van der Waals surface area contributed by atoms with Crippen molar-refractivity contribution < 1.29 is 24.1 Å². The topological polar surface area (TPSA) is 68.2 Å². The lowest BCUT2D eigenvalue weighted by Gasteiger charge is -2.42. The first-order chi connectivity index (χ1) is 15.4. The van der Waals surface area contributed by atoms with Crippen LogP contribution in [0.3, 0.4) is 0 Å². The number of hydrogen-bond acceptors (Lipinski definition) is 6. The average molecular weight is 438 g/mol. The van der Waals surface area contributed by atoms with E-state index in [1.54, 1.807) is 0 Å². The van der Waals surface area contributed by atoms with Crippen molar-refractivity contribution in [2.24, 2.45) is 5.92 Å². The number of aryl methyl sites for hydroxylation is 1. The number of ether oxygens (including phenoxy) is 3. The number of nitrogens with zero attached hydrogens (tertiary/aromatic N) is 1. The Hall–Kier alpha value is -3.15. The van der Waals surface area contributed by atoms with Crippen LogP contribution in [0.25, 0.3) is 0 Å². The maximum absolute atomic E-state index is 13.3. The van der Waals surface area contributed by atoms with Gasteiger partial charge in [-0.25, -0.2) is 4.79 Å². The zero-order chi connectivity index (χ0) is 22.7. The lowest BCUT2D eigenvalue weighted by molar-refractivity contribution is -0.166. The number of fused-ring (bicyclic) bond motifs is 1. The van der Waals surface area contributed by atoms with Crippen molar-refractivity contribution in [3.05, 3.63) is 65.6 Å². The Morgan fingerprint density at radius 2 is 1.84 bits per heavy atom. The quantitative estimate of drug-likeness (QED) is 0.560. The number of aliphatic hydroxyl groups excluding tert-OH is 1. The second kappa shape index (κ2) is 9.15. The SMILES string of the molecule is CCCN(C1=C(O)CC(CCc2ccc3c(c2)OCO3)(C(C)C)OC1=O)c1ccccc1. The van der Waals surface area contributed by atoms with E-state index < -0.39 is 11.6 Å². The van der Waals surface area contributed by atoms with E-state index in [0.29, 0.717) is 25.8 Å². The van der Waals surface area contributed by atoms with Crippen LogP contribution < -0.4 is 14.4 Å². The summed E-state index contributed by atoms with van der Waals surface area (Å²) in [4.78, 5) is 15.1. The van der Waals surface area contributed by atoms with Gasteiger partial charge in [-0.15, -0.1) is 0 Å². The largest absolute Gasteiger partial charge is 0.510 e. The van der Waals surface area contributed by atoms with E-state index in [4.69, 9.17) is 14.2 Å². The van der Waals surface area contributed by atoms with Crippen LogP contribution in [0.2, 0.25) is 0 Å². The van der Waals surface area contributed by atoms with Crippen molar-refractivity contribution >= 4 is 11.7 Å². The van der Waals surface area contributed by atoms with E-state index in [0.717, 1.165) is 29.2 Å². The van der Waals surface area contributed by atoms with E-state index in [9.17, 15) is 9.90 Å². The van der Waals surface area contributed by atoms with Crippen LogP contribution in [-0.2, 0) is 16.0 Å². The van der Waals surface area contributed by atoms with Gasteiger partial charge in [-0.3, -0.25) is 0 Å². The number of benzene rings is 2. The van der Waals surface area contributed by atoms with E-state index in [1.165, 1.54) is 0 Å². The number of carbonyl (C=O) groups excluding carboxylic acids is 1. The Morgan fingerprint density at radius 1 is 1.09 bits per heavy atom. The van der Waals surface area contributed by atoms with E-state index in [-0.39, 0.29) is 24.2 Å². The molecule has 1 atom stereocenters. The Bertz CT molecular complexity index is 1000. The summed E-state index contributed by atoms with van der Waals surface area (Å²) >= 11 is 0. The Balaban J connectivity index is 1.58. The van der Waals surface area contributed by atoms with Crippen molar-refractivity contribution in [1.29, 1.82) is 0 Å². The third kappa shape index (κ3) is 4.27. The molecule has 2 aliphatic rings. The summed E-state index contributed by atoms with van der Waals surface area (Å²) in [5, 5.41) is 11.1. The second-order valence-electron chi connectivity index (χ2n) is 8.76. The number of carbonyl (C=O) groups is 1. The summed E-state index contributed by atoms with van der Waals surface area (Å²) < 4.78 is 17.0. The third-order valence-electron chi connectivity index (χ3n) is 6.34. The molecular weight excluding hydrogens is 406 g/mol. The van der Waals surface area contributed by atoms with Gasteiger partial charge in [-0.2, -0.15) is 0 Å². The smallest absolute Gasteiger partial charge is 0.359 e. The number of rotatable bonds is 8. The Morgan fingerprint density at radius 3 is 2.53 bits per heavy atom. The molecule has 32 heavy (non-hydrogen) atoms. The first-order valence-electron chi connectivity index (χ1n) is 11.3. The van der Waals surface area contributed by atoms with Gasteiger partial charge in [0.1, 0.15) is 11.4 Å². The molecule has 0 saturated carbocycles. The van der Waals surface area contributed by atoms with Gasteiger partial charge < -0.3 is 24.2 Å². The van der Waals surface area contributed by atoms with Gasteiger partial charge in [0.2, 0.25) is 6.79 Å². The number of aliphatic hydroxyl groups is 1. The van der Waals surface area contributed by atoms with Crippen LogP contribution in [-0.4, -0.2) is 30.0 Å². The Kier molecular flexibility index (Phi) is 6.31. The van der Waals surface area contributed by atoms with E-state index in [2.05, 4.69) is 0 Å². The summed E-state index contributed by atoms with van der Waals surface area (Å²) in [6.07, 6.45) is 2.43. The zero-order valence-corrected chi connectivity index (χ0v) is 19.0. The molecule has 0 fully saturated rings. The van der Waals surface area contributed by atoms with Crippen LogP contribution in [0, 0.1) is 5.92 Å². The highest BCUT2D eigenvalue weighted by Crippen LogP contribution is 2.41. The fourth-order valence-corrected chi connectivity index (χ4v) is 4.42. The van der Waals surface area contributed by atoms with Gasteiger partial charge >= 0.3 is 5.97 Å². The number of para-hydroxylation sites is 1. The molecule has 0 saturated heterocycles. The number of anilines is 1. The fraction of sp³-hybridized carbons (Fsp3) is 0.423. The minimum atomic E-state index is -0.768. The predicted octanol–water partition coefficient (Wildman–Crippen LogP) is 5.38. The lowest BCUT2D eigenvalue weighted by atomic mass is 9.79. The predicted molar refractivity (Wildman–Crippen MR) is 123 cm³/mol. The molecule has 2 aliphatic heterocycles. The molecule has 2 heterocycles. The maximum atomic E-state index is 13.3. The molecule has 2 aromatic rings. The first-order valence-corrected chi connectivity index (χ1v) is 11.3. The van der Waals surface area contributed by atoms with Crippen LogP contribution >= 0.6 is 0 Å². The average Bonchev–Trinajstić information content (AvgIpc) is 3.25.